The molecule has 0 bridgehead atoms. The van der Waals surface area contributed by atoms with Crippen LogP contribution in [0.2, 0.25) is 0 Å². The molecule has 0 aromatic heterocycles. The number of nitrogens with zero attached hydrogens (tertiary/aromatic N) is 1. The summed E-state index contributed by atoms with van der Waals surface area (Å²) in [6, 6.07) is 0. The average Bonchev–Trinajstić information content (AvgIpc) is 2.55. The Balaban J connectivity index is 2.84. The van der Waals surface area contributed by atoms with E-state index in [1.807, 2.05) is 0 Å². The topological polar surface area (TPSA) is 37.4 Å². The smallest absolute Gasteiger partial charge is 0.264 e. The first-order chi connectivity index (χ1) is 7.91. The maximum Gasteiger partial charge on any atom is 0.264 e. The predicted octanol–water partition coefficient (Wildman–Crippen LogP) is 1.67. The van der Waals surface area contributed by atoms with E-state index in [-0.39, 0.29) is 0 Å². The van der Waals surface area contributed by atoms with Crippen LogP contribution in [0.1, 0.15) is 20.7 Å². The predicted molar refractivity (Wildman–Crippen MR) is 47.0 cm³/mol. The molecule has 1 aliphatic heterocycles. The lowest BCUT2D eigenvalue weighted by Crippen LogP contribution is -2.29. The van der Waals surface area contributed by atoms with Crippen LogP contribution >= 0.6 is 0 Å². The highest BCUT2D eigenvalue weighted by atomic mass is 19.2. The third kappa shape index (κ3) is 1.28. The minimum absolute atomic E-state index is 0.394. The first-order valence-corrected chi connectivity index (χ1v) is 4.43. The van der Waals surface area contributed by atoms with E-state index in [4.69, 9.17) is 0 Å². The Kier molecular flexibility index (Phi) is 2.41. The maximum absolute atomic E-state index is 13.3. The Morgan fingerprint density at radius 3 is 1.47 bits per heavy atom. The van der Waals surface area contributed by atoms with Crippen molar-refractivity contribution in [3.05, 3.63) is 41.3 Å². The van der Waals surface area contributed by atoms with Gasteiger partial charge in [-0.15, -0.1) is 0 Å². The number of imide groups is 1. The molecule has 2 rings (SSSR count). The number of benzene rings is 1. The molecule has 2 amide bonds. The quantitative estimate of drug-likeness (QED) is 0.327. The van der Waals surface area contributed by atoms with Gasteiger partial charge in [0.1, 0.15) is 0 Å². The van der Waals surface area contributed by atoms with Crippen LogP contribution in [0.3, 0.4) is 0 Å². The molecule has 0 atom stereocenters. The van der Waals surface area contributed by atoms with Gasteiger partial charge in [-0.05, 0) is 6.92 Å². The number of amides is 2. The molecular weight excluding hydrogens is 242 g/mol. The van der Waals surface area contributed by atoms with E-state index in [0.29, 0.717) is 4.90 Å². The van der Waals surface area contributed by atoms with Crippen molar-refractivity contribution in [2.45, 2.75) is 0 Å². The summed E-state index contributed by atoms with van der Waals surface area (Å²) in [7, 11) is 0. The number of hydrogen-bond donors (Lipinski definition) is 0. The van der Waals surface area contributed by atoms with Gasteiger partial charge in [-0.2, -0.15) is 0 Å². The van der Waals surface area contributed by atoms with Crippen molar-refractivity contribution in [1.82, 2.24) is 4.90 Å². The Labute approximate surface area is 92.6 Å². The summed E-state index contributed by atoms with van der Waals surface area (Å²) in [4.78, 5) is 23.3. The summed E-state index contributed by atoms with van der Waals surface area (Å²) in [5, 5.41) is 0. The number of fused-ring (bicyclic) bond motifs is 1. The van der Waals surface area contributed by atoms with E-state index in [1.165, 1.54) is 0 Å². The molecule has 3 nitrogen and oxygen atoms in total. The summed E-state index contributed by atoms with van der Waals surface area (Å²) in [5.41, 5.74) is -2.18. The standard InChI is InChI=1S/C10H4F4NO2/c1-2-15-9(16)3-4(10(15)17)6(12)8(14)7(13)5(3)11/h1-2H2. The van der Waals surface area contributed by atoms with Gasteiger partial charge in [0, 0.05) is 6.54 Å². The van der Waals surface area contributed by atoms with E-state index in [9.17, 15) is 27.2 Å². The zero-order valence-corrected chi connectivity index (χ0v) is 8.19. The summed E-state index contributed by atoms with van der Waals surface area (Å²) < 4.78 is 52.3. The molecule has 89 valence electrons. The molecule has 0 fully saturated rings. The van der Waals surface area contributed by atoms with E-state index < -0.39 is 52.8 Å². The second-order valence-corrected chi connectivity index (χ2v) is 3.27. The largest absolute Gasteiger partial charge is 0.274 e. The van der Waals surface area contributed by atoms with E-state index >= 15 is 0 Å². The van der Waals surface area contributed by atoms with Crippen molar-refractivity contribution in [3.8, 4) is 0 Å². The highest BCUT2D eigenvalue weighted by Crippen LogP contribution is 2.31. The van der Waals surface area contributed by atoms with E-state index in [2.05, 4.69) is 6.92 Å². The fourth-order valence-electron chi connectivity index (χ4n) is 1.60. The van der Waals surface area contributed by atoms with E-state index in [0.717, 1.165) is 0 Å². The van der Waals surface area contributed by atoms with Crippen LogP contribution in [-0.4, -0.2) is 23.3 Å². The highest BCUT2D eigenvalue weighted by molar-refractivity contribution is 6.21. The number of halogens is 4. The lowest BCUT2D eigenvalue weighted by atomic mass is 10.1. The van der Waals surface area contributed by atoms with Gasteiger partial charge in [-0.3, -0.25) is 14.5 Å². The molecule has 17 heavy (non-hydrogen) atoms. The summed E-state index contributed by atoms with van der Waals surface area (Å²) in [6.45, 7) is 2.81. The van der Waals surface area contributed by atoms with Gasteiger partial charge in [0.15, 0.2) is 23.3 Å². The average molecular weight is 246 g/mol. The zero-order chi connectivity index (χ0) is 12.9. The Bertz CT molecular complexity index is 509. The SMILES string of the molecule is [CH2]CN1C(=O)c2c(F)c(F)c(F)c(F)c2C1=O. The fraction of sp³-hybridized carbons (Fsp3) is 0.100. The first-order valence-electron chi connectivity index (χ1n) is 4.43. The van der Waals surface area contributed by atoms with Gasteiger partial charge >= 0.3 is 0 Å². The van der Waals surface area contributed by atoms with Crippen LogP contribution in [-0.2, 0) is 0 Å². The number of carbonyl (C=O) groups excluding carboxylic acids is 2. The Morgan fingerprint density at radius 1 is 0.824 bits per heavy atom. The minimum Gasteiger partial charge on any atom is -0.274 e. The Hall–Kier alpha value is -1.92. The number of hydrogen-bond acceptors (Lipinski definition) is 2. The van der Waals surface area contributed by atoms with Crippen molar-refractivity contribution < 1.29 is 27.2 Å². The minimum atomic E-state index is -2.12. The first kappa shape index (κ1) is 11.6. The van der Waals surface area contributed by atoms with Crippen molar-refractivity contribution in [2.24, 2.45) is 0 Å². The molecule has 1 aliphatic rings. The summed E-state index contributed by atoms with van der Waals surface area (Å²) >= 11 is 0. The lowest BCUT2D eigenvalue weighted by molar-refractivity contribution is 0.0668. The molecule has 7 heteroatoms. The van der Waals surface area contributed by atoms with Gasteiger partial charge in [-0.1, -0.05) is 0 Å². The van der Waals surface area contributed by atoms with Crippen LogP contribution in [0.15, 0.2) is 0 Å². The summed E-state index contributed by atoms with van der Waals surface area (Å²) in [5.74, 6) is -10.4. The molecular formula is C10H4F4NO2. The van der Waals surface area contributed by atoms with Gasteiger partial charge < -0.3 is 0 Å². The number of rotatable bonds is 1. The third-order valence-corrected chi connectivity index (χ3v) is 2.41. The Morgan fingerprint density at radius 2 is 1.18 bits per heavy atom. The van der Waals surface area contributed by atoms with Gasteiger partial charge in [0.25, 0.3) is 11.8 Å². The second kappa shape index (κ2) is 3.54. The zero-order valence-electron chi connectivity index (χ0n) is 8.19. The van der Waals surface area contributed by atoms with Crippen molar-refractivity contribution in [2.75, 3.05) is 6.54 Å². The molecule has 0 N–H and O–H groups in total. The second-order valence-electron chi connectivity index (χ2n) is 3.27. The van der Waals surface area contributed by atoms with Gasteiger partial charge in [-0.25, -0.2) is 17.6 Å². The van der Waals surface area contributed by atoms with Crippen LogP contribution in [0.5, 0.6) is 0 Å². The van der Waals surface area contributed by atoms with Crippen LogP contribution in [0, 0.1) is 30.2 Å². The maximum atomic E-state index is 13.3. The van der Waals surface area contributed by atoms with Crippen LogP contribution in [0.25, 0.3) is 0 Å². The molecule has 0 saturated heterocycles. The van der Waals surface area contributed by atoms with Crippen LogP contribution < -0.4 is 0 Å². The van der Waals surface area contributed by atoms with E-state index in [1.54, 1.807) is 0 Å². The molecule has 0 spiro atoms. The molecule has 0 aliphatic carbocycles. The normalized spacial score (nSPS) is 14.5. The molecule has 0 saturated carbocycles. The van der Waals surface area contributed by atoms with Gasteiger partial charge in [0.05, 0.1) is 11.1 Å². The third-order valence-electron chi connectivity index (χ3n) is 2.41. The van der Waals surface area contributed by atoms with Crippen LogP contribution in [0.4, 0.5) is 17.6 Å². The molecule has 1 aromatic rings. The number of carbonyl (C=O) groups is 2. The monoisotopic (exact) mass is 246 g/mol. The lowest BCUT2D eigenvalue weighted by Gasteiger charge is -2.08. The van der Waals surface area contributed by atoms with Crippen molar-refractivity contribution in [1.29, 1.82) is 0 Å². The molecule has 1 aromatic carbocycles. The van der Waals surface area contributed by atoms with Crippen molar-refractivity contribution in [3.63, 3.8) is 0 Å². The molecule has 1 heterocycles. The molecule has 1 radical (unpaired) electrons. The fourth-order valence-corrected chi connectivity index (χ4v) is 1.60. The summed E-state index contributed by atoms with van der Waals surface area (Å²) in [6.07, 6.45) is 0. The van der Waals surface area contributed by atoms with Gasteiger partial charge in [0.2, 0.25) is 0 Å². The molecule has 0 unspecified atom stereocenters. The van der Waals surface area contributed by atoms with Crippen molar-refractivity contribution >= 4 is 11.8 Å². The highest BCUT2D eigenvalue weighted by Gasteiger charge is 2.43.